The summed E-state index contributed by atoms with van der Waals surface area (Å²) >= 11 is 0. The van der Waals surface area contributed by atoms with Gasteiger partial charge in [-0.15, -0.1) is 0 Å². The van der Waals surface area contributed by atoms with Crippen molar-refractivity contribution in [2.45, 2.75) is 76.6 Å². The second-order valence-electron chi connectivity index (χ2n) is 4.64. The van der Waals surface area contributed by atoms with Gasteiger partial charge in [0.15, 0.2) is 0 Å². The van der Waals surface area contributed by atoms with Gasteiger partial charge in [0.2, 0.25) is 0 Å². The van der Waals surface area contributed by atoms with Crippen molar-refractivity contribution in [1.29, 1.82) is 0 Å². The van der Waals surface area contributed by atoms with Crippen molar-refractivity contribution in [3.8, 4) is 0 Å². The number of aliphatic hydroxyl groups is 1. The van der Waals surface area contributed by atoms with Gasteiger partial charge < -0.3 is 9.66 Å². The third-order valence-corrected chi connectivity index (χ3v) is 4.21. The second-order valence-corrected chi connectivity index (χ2v) is 6.29. The van der Waals surface area contributed by atoms with E-state index in [0.29, 0.717) is 19.3 Å². The van der Waals surface area contributed by atoms with E-state index >= 15 is 0 Å². The average Bonchev–Trinajstić information content (AvgIpc) is 2.23. The Balaban J connectivity index is 0. The molecule has 0 saturated carbocycles. The van der Waals surface area contributed by atoms with Gasteiger partial charge in [0.05, 0.1) is 21.5 Å². The maximum absolute atomic E-state index is 11.0. The molecule has 0 radical (unpaired) electrons. The van der Waals surface area contributed by atoms with E-state index in [1.807, 2.05) is 6.92 Å². The molecule has 0 aliphatic heterocycles. The minimum atomic E-state index is -4.27. The van der Waals surface area contributed by atoms with E-state index in [1.165, 1.54) is 0 Å². The summed E-state index contributed by atoms with van der Waals surface area (Å²) in [5, 5.41) is 8.79. The molecule has 0 amide bonds. The standard InChI is InChI=1S/C12H26O4S.Na/c1-3-5-7-8-11(13)10-12(9-6-4-2)17(14,15)16;/h11-13H,3-10H2,1-2H3,(H,14,15,16);/q;+1/p-1. The third kappa shape index (κ3) is 10.8. The molecule has 0 rings (SSSR count). The molecule has 6 heteroatoms. The van der Waals surface area contributed by atoms with E-state index in [2.05, 4.69) is 6.92 Å². The Labute approximate surface area is 134 Å². The fourth-order valence-corrected chi connectivity index (χ4v) is 2.78. The Hall–Kier alpha value is 0.870. The number of hydrogen-bond acceptors (Lipinski definition) is 4. The quantitative estimate of drug-likeness (QED) is 0.332. The molecule has 0 aliphatic rings. The Kier molecular flexibility index (Phi) is 13.7. The van der Waals surface area contributed by atoms with Crippen molar-refractivity contribution >= 4 is 10.1 Å². The van der Waals surface area contributed by atoms with Crippen LogP contribution in [0, 0.1) is 0 Å². The minimum absolute atomic E-state index is 0. The fourth-order valence-electron chi connectivity index (χ4n) is 1.86. The summed E-state index contributed by atoms with van der Waals surface area (Å²) in [6.45, 7) is 4.02. The van der Waals surface area contributed by atoms with Gasteiger partial charge in [-0.05, 0) is 19.3 Å². The van der Waals surface area contributed by atoms with Crippen LogP contribution in [0.4, 0.5) is 0 Å². The molecular formula is C12H25NaO4S. The molecule has 18 heavy (non-hydrogen) atoms. The van der Waals surface area contributed by atoms with Crippen molar-refractivity contribution < 1.29 is 47.6 Å². The van der Waals surface area contributed by atoms with Crippen LogP contribution in [-0.4, -0.2) is 29.4 Å². The van der Waals surface area contributed by atoms with E-state index in [4.69, 9.17) is 0 Å². The molecule has 104 valence electrons. The Morgan fingerprint density at radius 2 is 1.61 bits per heavy atom. The second kappa shape index (κ2) is 11.7. The molecule has 0 bridgehead atoms. The van der Waals surface area contributed by atoms with Crippen LogP contribution in [0.15, 0.2) is 0 Å². The van der Waals surface area contributed by atoms with Crippen LogP contribution >= 0.6 is 0 Å². The summed E-state index contributed by atoms with van der Waals surface area (Å²) in [4.78, 5) is 0. The van der Waals surface area contributed by atoms with Gasteiger partial charge in [-0.1, -0.05) is 46.0 Å². The van der Waals surface area contributed by atoms with Gasteiger partial charge in [-0.2, -0.15) is 0 Å². The van der Waals surface area contributed by atoms with Crippen LogP contribution < -0.4 is 29.6 Å². The van der Waals surface area contributed by atoms with E-state index in [-0.39, 0.29) is 36.0 Å². The molecule has 2 atom stereocenters. The third-order valence-electron chi connectivity index (χ3n) is 2.96. The number of rotatable bonds is 10. The van der Waals surface area contributed by atoms with Gasteiger partial charge in [0.1, 0.15) is 0 Å². The number of unbranched alkanes of at least 4 members (excludes halogenated alkanes) is 3. The zero-order chi connectivity index (χ0) is 13.3. The van der Waals surface area contributed by atoms with E-state index in [9.17, 15) is 18.1 Å². The summed E-state index contributed by atoms with van der Waals surface area (Å²) in [6.07, 6.45) is 4.94. The zero-order valence-electron chi connectivity index (χ0n) is 11.9. The molecule has 0 aromatic rings. The molecule has 0 aromatic carbocycles. The first-order valence-corrected chi connectivity index (χ1v) is 8.01. The topological polar surface area (TPSA) is 77.4 Å². The maximum atomic E-state index is 11.0. The maximum Gasteiger partial charge on any atom is 1.00 e. The molecule has 0 heterocycles. The molecule has 0 saturated heterocycles. The minimum Gasteiger partial charge on any atom is -0.748 e. The molecule has 0 spiro atoms. The summed E-state index contributed by atoms with van der Waals surface area (Å²) in [6, 6.07) is 0. The normalized spacial score (nSPS) is 14.9. The van der Waals surface area contributed by atoms with Crippen molar-refractivity contribution in [2.75, 3.05) is 0 Å². The van der Waals surface area contributed by atoms with Gasteiger partial charge in [0, 0.05) is 0 Å². The van der Waals surface area contributed by atoms with Crippen LogP contribution in [-0.2, 0) is 10.1 Å². The predicted octanol–water partition coefficient (Wildman–Crippen LogP) is -0.574. The molecular weight excluding hydrogens is 263 g/mol. The van der Waals surface area contributed by atoms with Crippen LogP contribution in [0.1, 0.15) is 65.2 Å². The Morgan fingerprint density at radius 1 is 1.06 bits per heavy atom. The Bertz CT molecular complexity index is 280. The largest absolute Gasteiger partial charge is 1.00 e. The van der Waals surface area contributed by atoms with Crippen LogP contribution in [0.2, 0.25) is 0 Å². The van der Waals surface area contributed by atoms with Crippen molar-refractivity contribution in [1.82, 2.24) is 0 Å². The molecule has 1 N–H and O–H groups in total. The number of hydrogen-bond donors (Lipinski definition) is 1. The van der Waals surface area contributed by atoms with Gasteiger partial charge >= 0.3 is 29.6 Å². The SMILES string of the molecule is CCCCCC(O)CC(CCCC)S(=O)(=O)[O-].[Na+]. The van der Waals surface area contributed by atoms with Gasteiger partial charge in [-0.3, -0.25) is 0 Å². The Morgan fingerprint density at radius 3 is 2.06 bits per heavy atom. The van der Waals surface area contributed by atoms with Crippen molar-refractivity contribution in [3.63, 3.8) is 0 Å². The predicted molar refractivity (Wildman–Crippen MR) is 67.8 cm³/mol. The average molecular weight is 288 g/mol. The fraction of sp³-hybridized carbons (Fsp3) is 1.00. The summed E-state index contributed by atoms with van der Waals surface area (Å²) in [5.41, 5.74) is 0. The molecule has 4 nitrogen and oxygen atoms in total. The molecule has 0 fully saturated rings. The first kappa shape index (κ1) is 21.2. The van der Waals surface area contributed by atoms with Gasteiger partial charge in [0.25, 0.3) is 0 Å². The first-order valence-electron chi connectivity index (χ1n) is 6.54. The summed E-state index contributed by atoms with van der Waals surface area (Å²) in [5.74, 6) is 0. The molecule has 2 unspecified atom stereocenters. The van der Waals surface area contributed by atoms with Crippen molar-refractivity contribution in [3.05, 3.63) is 0 Å². The van der Waals surface area contributed by atoms with Gasteiger partial charge in [-0.25, -0.2) is 8.42 Å². The van der Waals surface area contributed by atoms with Crippen LogP contribution in [0.3, 0.4) is 0 Å². The molecule has 0 aliphatic carbocycles. The van der Waals surface area contributed by atoms with Crippen molar-refractivity contribution in [2.24, 2.45) is 0 Å². The monoisotopic (exact) mass is 288 g/mol. The first-order chi connectivity index (χ1) is 7.91. The van der Waals surface area contributed by atoms with Crippen LogP contribution in [0.25, 0.3) is 0 Å². The zero-order valence-corrected chi connectivity index (χ0v) is 14.7. The molecule has 0 aromatic heterocycles. The van der Waals surface area contributed by atoms with E-state index in [0.717, 1.165) is 25.7 Å². The van der Waals surface area contributed by atoms with Crippen LogP contribution in [0.5, 0.6) is 0 Å². The summed E-state index contributed by atoms with van der Waals surface area (Å²) < 4.78 is 33.1. The van der Waals surface area contributed by atoms with E-state index < -0.39 is 21.5 Å². The van der Waals surface area contributed by atoms with E-state index in [1.54, 1.807) is 0 Å². The summed E-state index contributed by atoms with van der Waals surface area (Å²) in [7, 11) is -4.27. The number of aliphatic hydroxyl groups excluding tert-OH is 1. The smallest absolute Gasteiger partial charge is 0.748 e.